The molecule has 1 aliphatic heterocycles. The third kappa shape index (κ3) is 3.26. The van der Waals surface area contributed by atoms with Crippen LogP contribution in [0.3, 0.4) is 0 Å². The van der Waals surface area contributed by atoms with Gasteiger partial charge in [-0.2, -0.15) is 0 Å². The second-order valence-electron chi connectivity index (χ2n) is 5.39. The molecule has 1 atom stereocenters. The molecule has 1 aromatic heterocycles. The highest BCUT2D eigenvalue weighted by Crippen LogP contribution is 2.28. The fourth-order valence-corrected chi connectivity index (χ4v) is 3.65. The summed E-state index contributed by atoms with van der Waals surface area (Å²) in [5.74, 6) is 0.687. The van der Waals surface area contributed by atoms with Crippen LogP contribution in [0.5, 0.6) is 0 Å². The second kappa shape index (κ2) is 6.48. The van der Waals surface area contributed by atoms with E-state index in [-0.39, 0.29) is 0 Å². The molecule has 1 N–H and O–H groups in total. The van der Waals surface area contributed by atoms with E-state index in [9.17, 15) is 0 Å². The lowest BCUT2D eigenvalue weighted by molar-refractivity contribution is 0.323. The maximum atomic E-state index is 4.68. The molecule has 1 unspecified atom stereocenters. The number of nitrogens with one attached hydrogen (secondary N) is 1. The van der Waals surface area contributed by atoms with Gasteiger partial charge in [-0.05, 0) is 31.5 Å². The smallest absolute Gasteiger partial charge is 0.107 e. The predicted octanol–water partition coefficient (Wildman–Crippen LogP) is 2.85. The van der Waals surface area contributed by atoms with Crippen molar-refractivity contribution in [2.75, 3.05) is 20.1 Å². The van der Waals surface area contributed by atoms with Gasteiger partial charge in [0.15, 0.2) is 0 Å². The Hall–Kier alpha value is -1.23. The molecule has 4 heteroatoms. The van der Waals surface area contributed by atoms with Crippen LogP contribution in [0.2, 0.25) is 0 Å². The topological polar surface area (TPSA) is 28.2 Å². The zero-order valence-corrected chi connectivity index (χ0v) is 12.7. The first-order chi connectivity index (χ1) is 9.85. The lowest BCUT2D eigenvalue weighted by atomic mass is 9.99. The first kappa shape index (κ1) is 13.7. The minimum absolute atomic E-state index is 0.687. The Morgan fingerprint density at radius 2 is 2.20 bits per heavy atom. The van der Waals surface area contributed by atoms with Gasteiger partial charge in [-0.25, -0.2) is 4.98 Å². The van der Waals surface area contributed by atoms with Crippen LogP contribution in [0.15, 0.2) is 35.7 Å². The van der Waals surface area contributed by atoms with Crippen LogP contribution in [-0.4, -0.2) is 30.0 Å². The van der Waals surface area contributed by atoms with Gasteiger partial charge in [0.25, 0.3) is 0 Å². The Labute approximate surface area is 124 Å². The van der Waals surface area contributed by atoms with Crippen LogP contribution >= 0.6 is 11.3 Å². The Kier molecular flexibility index (Phi) is 4.45. The summed E-state index contributed by atoms with van der Waals surface area (Å²) in [4.78, 5) is 7.20. The van der Waals surface area contributed by atoms with Gasteiger partial charge in [-0.15, -0.1) is 11.3 Å². The highest BCUT2D eigenvalue weighted by molar-refractivity contribution is 7.09. The molecule has 0 spiro atoms. The molecule has 1 saturated heterocycles. The van der Waals surface area contributed by atoms with Crippen molar-refractivity contribution in [3.05, 3.63) is 52.0 Å². The van der Waals surface area contributed by atoms with E-state index in [4.69, 9.17) is 0 Å². The number of nitrogens with zero attached hydrogens (tertiary/aromatic N) is 2. The minimum atomic E-state index is 0.687. The fourth-order valence-electron chi connectivity index (χ4n) is 2.86. The summed E-state index contributed by atoms with van der Waals surface area (Å²) in [6.07, 6.45) is 1.26. The van der Waals surface area contributed by atoms with Crippen molar-refractivity contribution in [2.24, 2.45) is 0 Å². The Bertz CT molecular complexity index is 538. The fraction of sp³-hybridized carbons (Fsp3) is 0.438. The quantitative estimate of drug-likeness (QED) is 0.916. The molecular weight excluding hydrogens is 266 g/mol. The van der Waals surface area contributed by atoms with Gasteiger partial charge < -0.3 is 5.32 Å². The summed E-state index contributed by atoms with van der Waals surface area (Å²) in [5.41, 5.74) is 2.69. The van der Waals surface area contributed by atoms with Gasteiger partial charge in [-0.3, -0.25) is 4.90 Å². The van der Waals surface area contributed by atoms with Gasteiger partial charge in [0, 0.05) is 25.0 Å². The number of benzene rings is 1. The molecule has 3 rings (SSSR count). The van der Waals surface area contributed by atoms with Crippen molar-refractivity contribution >= 4 is 11.3 Å². The molecule has 0 bridgehead atoms. The number of thiazole rings is 1. The summed E-state index contributed by atoms with van der Waals surface area (Å²) in [6, 6.07) is 10.9. The van der Waals surface area contributed by atoms with Crippen LogP contribution < -0.4 is 5.32 Å². The van der Waals surface area contributed by atoms with Gasteiger partial charge in [0.2, 0.25) is 0 Å². The zero-order valence-electron chi connectivity index (χ0n) is 11.9. The summed E-state index contributed by atoms with van der Waals surface area (Å²) in [7, 11) is 1.96. The van der Waals surface area contributed by atoms with E-state index in [1.165, 1.54) is 29.2 Å². The summed E-state index contributed by atoms with van der Waals surface area (Å²) >= 11 is 1.75. The molecule has 1 aromatic carbocycles. The van der Waals surface area contributed by atoms with E-state index in [2.05, 4.69) is 50.9 Å². The highest BCUT2D eigenvalue weighted by Gasteiger charge is 2.24. The van der Waals surface area contributed by atoms with Crippen molar-refractivity contribution < 1.29 is 0 Å². The molecule has 2 heterocycles. The molecule has 0 saturated carbocycles. The van der Waals surface area contributed by atoms with E-state index in [0.29, 0.717) is 5.92 Å². The van der Waals surface area contributed by atoms with Crippen LogP contribution in [0.1, 0.15) is 28.6 Å². The van der Waals surface area contributed by atoms with Crippen LogP contribution in [-0.2, 0) is 13.1 Å². The van der Waals surface area contributed by atoms with Crippen molar-refractivity contribution in [1.82, 2.24) is 15.2 Å². The van der Waals surface area contributed by atoms with Crippen LogP contribution in [0.4, 0.5) is 0 Å². The molecule has 0 radical (unpaired) electrons. The second-order valence-corrected chi connectivity index (χ2v) is 6.34. The normalized spacial score (nSPS) is 19.6. The van der Waals surface area contributed by atoms with E-state index in [0.717, 1.165) is 19.6 Å². The van der Waals surface area contributed by atoms with Crippen LogP contribution in [0, 0.1) is 0 Å². The molecule has 0 aliphatic carbocycles. The standard InChI is InChI=1S/C16H21N3S/c1-17-9-16-18-15(12-20-16)11-19-8-7-14(10-19)13-5-3-2-4-6-13/h2-6,12,14,17H,7-11H2,1H3. The number of rotatable bonds is 5. The average Bonchev–Trinajstić information content (AvgIpc) is 3.11. The highest BCUT2D eigenvalue weighted by atomic mass is 32.1. The lowest BCUT2D eigenvalue weighted by Crippen LogP contribution is -2.20. The lowest BCUT2D eigenvalue weighted by Gasteiger charge is -2.14. The van der Waals surface area contributed by atoms with E-state index in [1.54, 1.807) is 11.3 Å². The number of hydrogen-bond acceptors (Lipinski definition) is 4. The molecule has 0 amide bonds. The molecular formula is C16H21N3S. The summed E-state index contributed by atoms with van der Waals surface area (Å²) in [6.45, 7) is 4.20. The number of hydrogen-bond donors (Lipinski definition) is 1. The molecule has 1 fully saturated rings. The van der Waals surface area contributed by atoms with Gasteiger partial charge in [0.05, 0.1) is 5.69 Å². The molecule has 3 nitrogen and oxygen atoms in total. The Morgan fingerprint density at radius 3 is 3.00 bits per heavy atom. The van der Waals surface area contributed by atoms with Gasteiger partial charge >= 0.3 is 0 Å². The Morgan fingerprint density at radius 1 is 1.35 bits per heavy atom. The third-order valence-corrected chi connectivity index (χ3v) is 4.75. The van der Waals surface area contributed by atoms with Crippen molar-refractivity contribution in [1.29, 1.82) is 0 Å². The molecule has 20 heavy (non-hydrogen) atoms. The van der Waals surface area contributed by atoms with Crippen molar-refractivity contribution in [2.45, 2.75) is 25.4 Å². The van der Waals surface area contributed by atoms with Crippen molar-refractivity contribution in [3.8, 4) is 0 Å². The average molecular weight is 287 g/mol. The van der Waals surface area contributed by atoms with Gasteiger partial charge in [0.1, 0.15) is 5.01 Å². The number of aromatic nitrogens is 1. The Balaban J connectivity index is 1.57. The van der Waals surface area contributed by atoms with E-state index < -0.39 is 0 Å². The van der Waals surface area contributed by atoms with E-state index >= 15 is 0 Å². The van der Waals surface area contributed by atoms with Crippen molar-refractivity contribution in [3.63, 3.8) is 0 Å². The monoisotopic (exact) mass is 287 g/mol. The van der Waals surface area contributed by atoms with E-state index in [1.807, 2.05) is 7.05 Å². The summed E-state index contributed by atoms with van der Waals surface area (Å²) in [5, 5.41) is 6.53. The largest absolute Gasteiger partial charge is 0.314 e. The predicted molar refractivity (Wildman–Crippen MR) is 84.0 cm³/mol. The molecule has 2 aromatic rings. The maximum Gasteiger partial charge on any atom is 0.107 e. The zero-order chi connectivity index (χ0) is 13.8. The minimum Gasteiger partial charge on any atom is -0.314 e. The third-order valence-electron chi connectivity index (χ3n) is 3.86. The first-order valence-electron chi connectivity index (χ1n) is 7.20. The molecule has 1 aliphatic rings. The van der Waals surface area contributed by atoms with Gasteiger partial charge in [-0.1, -0.05) is 30.3 Å². The van der Waals surface area contributed by atoms with Crippen LogP contribution in [0.25, 0.3) is 0 Å². The molecule has 106 valence electrons. The SMILES string of the molecule is CNCc1nc(CN2CCC(c3ccccc3)C2)cs1. The number of likely N-dealkylation sites (tertiary alicyclic amines) is 1. The first-order valence-corrected chi connectivity index (χ1v) is 8.08. The maximum absolute atomic E-state index is 4.68. The summed E-state index contributed by atoms with van der Waals surface area (Å²) < 4.78 is 0.